The van der Waals surface area contributed by atoms with Gasteiger partial charge in [0.15, 0.2) is 0 Å². The highest BCUT2D eigenvalue weighted by molar-refractivity contribution is 6.09. The van der Waals surface area contributed by atoms with Gasteiger partial charge >= 0.3 is 0 Å². The van der Waals surface area contributed by atoms with Crippen molar-refractivity contribution in [1.82, 2.24) is 20.5 Å². The summed E-state index contributed by atoms with van der Waals surface area (Å²) in [7, 11) is 1.65. The van der Waals surface area contributed by atoms with E-state index in [-0.39, 0.29) is 24.1 Å². The monoisotopic (exact) mass is 414 g/mol. The lowest BCUT2D eigenvalue weighted by Gasteiger charge is -2.36. The van der Waals surface area contributed by atoms with Crippen molar-refractivity contribution < 1.29 is 14.3 Å². The van der Waals surface area contributed by atoms with Crippen molar-refractivity contribution >= 4 is 18.0 Å². The first-order valence-electron chi connectivity index (χ1n) is 10.5. The van der Waals surface area contributed by atoms with Gasteiger partial charge in [-0.1, -0.05) is 0 Å². The van der Waals surface area contributed by atoms with Gasteiger partial charge in [0.25, 0.3) is 0 Å². The highest BCUT2D eigenvalue weighted by atomic mass is 16.5. The molecule has 4 aliphatic rings. The molecule has 0 bridgehead atoms. The topological polar surface area (TPSA) is 90.8 Å². The molecule has 3 heterocycles. The van der Waals surface area contributed by atoms with Gasteiger partial charge in [-0.25, -0.2) is 4.99 Å². The maximum atomic E-state index is 12.5. The highest BCUT2D eigenvalue weighted by Crippen LogP contribution is 2.27. The molecule has 9 nitrogen and oxygen atoms in total. The predicted octanol–water partition coefficient (Wildman–Crippen LogP) is 0.585. The summed E-state index contributed by atoms with van der Waals surface area (Å²) >= 11 is 0. The average molecular weight is 415 g/mol. The molecule has 1 fully saturated rings. The molecule has 4 rings (SSSR count). The molecular weight excluding hydrogens is 384 g/mol. The third-order valence-electron chi connectivity index (χ3n) is 5.51. The number of aliphatic imine (C=N–C) groups is 1. The van der Waals surface area contributed by atoms with Gasteiger partial charge in [0.2, 0.25) is 5.91 Å². The Hall–Kier alpha value is -2.81. The number of hydrazone groups is 1. The fourth-order valence-electron chi connectivity index (χ4n) is 3.97. The van der Waals surface area contributed by atoms with Crippen molar-refractivity contribution in [3.8, 4) is 0 Å². The standard InChI is InChI=1S/C21H30N6O3/c1-14(2)30-15-4-5-17-16(10-15)21(25-24-17)18-11-19(23-13-22-18)27-7-6-26(8-9-29-3)20(28)12-27/h4,10-11,13-14,17-18,24H,5-9,12H2,1-3H3,(H,22,23). The quantitative estimate of drug-likeness (QED) is 0.634. The fraction of sp³-hybridized carbons (Fsp3) is 0.571. The molecule has 0 aromatic heterocycles. The fourth-order valence-corrected chi connectivity index (χ4v) is 3.97. The van der Waals surface area contributed by atoms with Crippen LogP contribution in [0.15, 0.2) is 45.5 Å². The molecule has 2 atom stereocenters. The summed E-state index contributed by atoms with van der Waals surface area (Å²) in [6.07, 6.45) is 8.89. The van der Waals surface area contributed by atoms with Gasteiger partial charge in [0, 0.05) is 32.3 Å². The van der Waals surface area contributed by atoms with E-state index in [1.807, 2.05) is 29.7 Å². The normalized spacial score (nSPS) is 25.8. The lowest BCUT2D eigenvalue weighted by Crippen LogP contribution is -2.51. The second-order valence-electron chi connectivity index (χ2n) is 8.01. The molecule has 2 N–H and O–H groups in total. The molecule has 0 aromatic carbocycles. The van der Waals surface area contributed by atoms with E-state index in [1.54, 1.807) is 13.4 Å². The Morgan fingerprint density at radius 1 is 1.33 bits per heavy atom. The lowest BCUT2D eigenvalue weighted by atomic mass is 9.92. The molecular formula is C21H30N6O3. The largest absolute Gasteiger partial charge is 0.491 e. The smallest absolute Gasteiger partial charge is 0.242 e. The van der Waals surface area contributed by atoms with Gasteiger partial charge < -0.3 is 30.0 Å². The van der Waals surface area contributed by atoms with E-state index in [2.05, 4.69) is 33.0 Å². The first kappa shape index (κ1) is 20.5. The number of carbonyl (C=O) groups is 1. The number of hydrogen-bond donors (Lipinski definition) is 2. The first-order chi connectivity index (χ1) is 14.5. The van der Waals surface area contributed by atoms with Crippen LogP contribution in [0.1, 0.15) is 20.3 Å². The Bertz CT molecular complexity index is 829. The van der Waals surface area contributed by atoms with Crippen LogP contribution in [0.3, 0.4) is 0 Å². The summed E-state index contributed by atoms with van der Waals surface area (Å²) in [4.78, 5) is 20.8. The maximum absolute atomic E-state index is 12.5. The summed E-state index contributed by atoms with van der Waals surface area (Å²) in [5.74, 6) is 1.79. The van der Waals surface area contributed by atoms with Gasteiger partial charge in [-0.2, -0.15) is 5.10 Å². The van der Waals surface area contributed by atoms with Crippen LogP contribution in [-0.4, -0.2) is 85.8 Å². The minimum absolute atomic E-state index is 0.0972. The number of ether oxygens (including phenoxy) is 2. The zero-order valence-corrected chi connectivity index (χ0v) is 17.8. The molecule has 0 spiro atoms. The molecule has 162 valence electrons. The molecule has 2 unspecified atom stereocenters. The van der Waals surface area contributed by atoms with Crippen molar-refractivity contribution in [2.45, 2.75) is 38.5 Å². The van der Waals surface area contributed by atoms with Crippen LogP contribution in [0.25, 0.3) is 0 Å². The average Bonchev–Trinajstić information content (AvgIpc) is 3.16. The Morgan fingerprint density at radius 3 is 2.97 bits per heavy atom. The Kier molecular flexibility index (Phi) is 6.08. The number of nitrogens with one attached hydrogen (secondary N) is 2. The SMILES string of the molecule is COCCN1CCN(C2=CC(C3=NNC4CC=C(OC(C)C)C=C34)NC=N2)CC1=O. The van der Waals surface area contributed by atoms with Crippen LogP contribution in [0.4, 0.5) is 0 Å². The van der Waals surface area contributed by atoms with E-state index in [4.69, 9.17) is 9.47 Å². The summed E-state index contributed by atoms with van der Waals surface area (Å²) in [5, 5.41) is 7.88. The first-order valence-corrected chi connectivity index (χ1v) is 10.5. The number of hydrogen-bond acceptors (Lipinski definition) is 8. The van der Waals surface area contributed by atoms with Crippen molar-refractivity contribution in [3.63, 3.8) is 0 Å². The summed E-state index contributed by atoms with van der Waals surface area (Å²) in [5.41, 5.74) is 5.30. The molecule has 0 aromatic rings. The third kappa shape index (κ3) is 4.35. The van der Waals surface area contributed by atoms with E-state index in [0.717, 1.165) is 35.8 Å². The highest BCUT2D eigenvalue weighted by Gasteiger charge is 2.33. The molecule has 1 amide bonds. The van der Waals surface area contributed by atoms with Crippen LogP contribution in [0.5, 0.6) is 0 Å². The summed E-state index contributed by atoms with van der Waals surface area (Å²) in [6.45, 7) is 6.97. The van der Waals surface area contributed by atoms with E-state index in [9.17, 15) is 4.79 Å². The molecule has 1 aliphatic carbocycles. The van der Waals surface area contributed by atoms with Crippen LogP contribution in [0, 0.1) is 0 Å². The van der Waals surface area contributed by atoms with Crippen molar-refractivity contribution in [2.75, 3.05) is 39.9 Å². The second-order valence-corrected chi connectivity index (χ2v) is 8.01. The number of methoxy groups -OCH3 is 1. The number of carbonyl (C=O) groups excluding carboxylic acids is 1. The van der Waals surface area contributed by atoms with Gasteiger partial charge in [0.1, 0.15) is 11.6 Å². The van der Waals surface area contributed by atoms with Gasteiger partial charge in [-0.3, -0.25) is 4.79 Å². The van der Waals surface area contributed by atoms with Crippen molar-refractivity contribution in [3.05, 3.63) is 35.4 Å². The number of amides is 1. The Balaban J connectivity index is 1.45. The van der Waals surface area contributed by atoms with Gasteiger partial charge in [-0.05, 0) is 38.5 Å². The Morgan fingerprint density at radius 2 is 2.20 bits per heavy atom. The van der Waals surface area contributed by atoms with Gasteiger partial charge in [-0.15, -0.1) is 0 Å². The van der Waals surface area contributed by atoms with E-state index in [1.165, 1.54) is 0 Å². The molecule has 1 saturated heterocycles. The van der Waals surface area contributed by atoms with Gasteiger partial charge in [0.05, 0.1) is 43.4 Å². The van der Waals surface area contributed by atoms with Crippen molar-refractivity contribution in [1.29, 1.82) is 0 Å². The van der Waals surface area contributed by atoms with Crippen LogP contribution >= 0.6 is 0 Å². The number of nitrogens with zero attached hydrogens (tertiary/aromatic N) is 4. The number of piperazine rings is 1. The van der Waals surface area contributed by atoms with Crippen LogP contribution < -0.4 is 10.7 Å². The van der Waals surface area contributed by atoms with Crippen LogP contribution in [-0.2, 0) is 14.3 Å². The second kappa shape index (κ2) is 8.91. The van der Waals surface area contributed by atoms with Crippen molar-refractivity contribution in [2.24, 2.45) is 10.1 Å². The molecule has 9 heteroatoms. The minimum Gasteiger partial charge on any atom is -0.491 e. The lowest BCUT2D eigenvalue weighted by molar-refractivity contribution is -0.135. The third-order valence-corrected chi connectivity index (χ3v) is 5.51. The molecule has 0 saturated carbocycles. The molecule has 30 heavy (non-hydrogen) atoms. The summed E-state index contributed by atoms with van der Waals surface area (Å²) < 4.78 is 11.0. The van der Waals surface area contributed by atoms with E-state index >= 15 is 0 Å². The molecule has 3 aliphatic heterocycles. The summed E-state index contributed by atoms with van der Waals surface area (Å²) in [6, 6.07) is 0.0595. The minimum atomic E-state index is -0.110. The predicted molar refractivity (Wildman–Crippen MR) is 115 cm³/mol. The Labute approximate surface area is 177 Å². The zero-order chi connectivity index (χ0) is 21.1. The number of rotatable bonds is 7. The number of allylic oxidation sites excluding steroid dienone is 1. The van der Waals surface area contributed by atoms with E-state index in [0.29, 0.717) is 26.2 Å². The van der Waals surface area contributed by atoms with Crippen LogP contribution in [0.2, 0.25) is 0 Å². The zero-order valence-electron chi connectivity index (χ0n) is 17.8. The molecule has 0 radical (unpaired) electrons. The van der Waals surface area contributed by atoms with E-state index < -0.39 is 0 Å². The number of fused-ring (bicyclic) bond motifs is 1. The maximum Gasteiger partial charge on any atom is 0.242 e.